The summed E-state index contributed by atoms with van der Waals surface area (Å²) in [5, 5.41) is 0. The average Bonchev–Trinajstić information content (AvgIpc) is 2.29. The molecule has 1 heterocycles. The first-order valence-electron chi connectivity index (χ1n) is 5.20. The van der Waals surface area contributed by atoms with Gasteiger partial charge in [-0.3, -0.25) is 4.98 Å². The van der Waals surface area contributed by atoms with Crippen LogP contribution >= 0.6 is 12.2 Å². The predicted octanol–water partition coefficient (Wildman–Crippen LogP) is 1.19. The largest absolute Gasteiger partial charge is 0.388 e. The van der Waals surface area contributed by atoms with Gasteiger partial charge >= 0.3 is 0 Å². The summed E-state index contributed by atoms with van der Waals surface area (Å²) in [7, 11) is 1.97. The molecular weight excluding hydrogens is 222 g/mol. The lowest BCUT2D eigenvalue weighted by atomic mass is 10.2. The van der Waals surface area contributed by atoms with E-state index in [1.807, 2.05) is 31.0 Å². The van der Waals surface area contributed by atoms with Crippen LogP contribution in [0.15, 0.2) is 18.3 Å². The number of likely N-dealkylation sites (N-methyl/N-ethyl adjacent to an activating group) is 1. The third-order valence-corrected chi connectivity index (χ3v) is 2.40. The molecule has 88 valence electrons. The van der Waals surface area contributed by atoms with Crippen LogP contribution in [-0.4, -0.2) is 36.8 Å². The molecule has 0 aromatic carbocycles. The van der Waals surface area contributed by atoms with Gasteiger partial charge in [-0.1, -0.05) is 12.2 Å². The molecule has 1 aromatic heterocycles. The van der Waals surface area contributed by atoms with Crippen molar-refractivity contribution in [2.24, 2.45) is 5.73 Å². The van der Waals surface area contributed by atoms with Gasteiger partial charge < -0.3 is 15.4 Å². The Morgan fingerprint density at radius 1 is 1.62 bits per heavy atom. The molecule has 1 aromatic rings. The normalized spacial score (nSPS) is 10.1. The van der Waals surface area contributed by atoms with Crippen LogP contribution in [-0.2, 0) is 4.74 Å². The van der Waals surface area contributed by atoms with E-state index in [9.17, 15) is 0 Å². The third-order valence-electron chi connectivity index (χ3n) is 2.21. The van der Waals surface area contributed by atoms with Gasteiger partial charge in [0.2, 0.25) is 0 Å². The van der Waals surface area contributed by atoms with Crippen LogP contribution in [0.25, 0.3) is 0 Å². The first-order valence-corrected chi connectivity index (χ1v) is 5.61. The number of thiocarbonyl (C=S) groups is 1. The van der Waals surface area contributed by atoms with Crippen LogP contribution in [0, 0.1) is 0 Å². The zero-order valence-corrected chi connectivity index (χ0v) is 10.5. The van der Waals surface area contributed by atoms with Crippen molar-refractivity contribution in [1.29, 1.82) is 0 Å². The number of aromatic nitrogens is 1. The molecular formula is C11H17N3OS. The first kappa shape index (κ1) is 12.9. The zero-order valence-electron chi connectivity index (χ0n) is 9.64. The van der Waals surface area contributed by atoms with Crippen molar-refractivity contribution in [3.8, 4) is 0 Å². The van der Waals surface area contributed by atoms with Gasteiger partial charge in [0.1, 0.15) is 10.7 Å². The smallest absolute Gasteiger partial charge is 0.124 e. The van der Waals surface area contributed by atoms with Crippen molar-refractivity contribution >= 4 is 22.9 Å². The van der Waals surface area contributed by atoms with Gasteiger partial charge in [0.25, 0.3) is 0 Å². The van der Waals surface area contributed by atoms with Gasteiger partial charge in [0, 0.05) is 26.4 Å². The second-order valence-electron chi connectivity index (χ2n) is 3.35. The summed E-state index contributed by atoms with van der Waals surface area (Å²) in [6, 6.07) is 3.82. The van der Waals surface area contributed by atoms with Gasteiger partial charge in [0.05, 0.1) is 12.3 Å². The van der Waals surface area contributed by atoms with Crippen LogP contribution in [0.5, 0.6) is 0 Å². The van der Waals surface area contributed by atoms with Crippen LogP contribution in [0.1, 0.15) is 12.6 Å². The molecule has 0 spiro atoms. The lowest BCUT2D eigenvalue weighted by Gasteiger charge is -2.21. The molecule has 0 bridgehead atoms. The Morgan fingerprint density at radius 3 is 3.00 bits per heavy atom. The molecule has 0 aliphatic rings. The van der Waals surface area contributed by atoms with Crippen molar-refractivity contribution in [2.75, 3.05) is 31.7 Å². The highest BCUT2D eigenvalue weighted by Gasteiger charge is 2.09. The maximum atomic E-state index is 5.62. The zero-order chi connectivity index (χ0) is 12.0. The van der Waals surface area contributed by atoms with E-state index in [1.165, 1.54) is 0 Å². The molecule has 0 saturated heterocycles. The Hall–Kier alpha value is -1.20. The average molecular weight is 239 g/mol. The summed E-state index contributed by atoms with van der Waals surface area (Å²) in [6.45, 7) is 4.17. The SMILES string of the molecule is CCOCCN(C)c1cccnc1C(N)=S. The maximum absolute atomic E-state index is 5.62. The Kier molecular flexibility index (Phi) is 5.14. The molecule has 0 aliphatic carbocycles. The van der Waals surface area contributed by atoms with Gasteiger partial charge in [-0.05, 0) is 19.1 Å². The van der Waals surface area contributed by atoms with E-state index in [1.54, 1.807) is 6.20 Å². The van der Waals surface area contributed by atoms with E-state index in [0.717, 1.165) is 18.8 Å². The van der Waals surface area contributed by atoms with E-state index in [0.29, 0.717) is 17.3 Å². The van der Waals surface area contributed by atoms with Gasteiger partial charge in [-0.15, -0.1) is 0 Å². The number of hydrogen-bond donors (Lipinski definition) is 1. The number of anilines is 1. The fourth-order valence-electron chi connectivity index (χ4n) is 1.36. The standard InChI is InChI=1S/C11H17N3OS/c1-3-15-8-7-14(2)9-5-4-6-13-10(9)11(12)16/h4-6H,3,7-8H2,1-2H3,(H2,12,16). The van der Waals surface area contributed by atoms with E-state index in [-0.39, 0.29) is 0 Å². The van der Waals surface area contributed by atoms with E-state index in [4.69, 9.17) is 22.7 Å². The molecule has 0 saturated carbocycles. The van der Waals surface area contributed by atoms with Crippen LogP contribution in [0.4, 0.5) is 5.69 Å². The van der Waals surface area contributed by atoms with E-state index in [2.05, 4.69) is 4.98 Å². The molecule has 0 atom stereocenters. The molecule has 0 radical (unpaired) electrons. The molecule has 16 heavy (non-hydrogen) atoms. The number of hydrogen-bond acceptors (Lipinski definition) is 4. The molecule has 2 N–H and O–H groups in total. The lowest BCUT2D eigenvalue weighted by Crippen LogP contribution is -2.26. The Bertz CT molecular complexity index is 357. The quantitative estimate of drug-likeness (QED) is 0.597. The van der Waals surface area contributed by atoms with Crippen molar-refractivity contribution in [3.63, 3.8) is 0 Å². The van der Waals surface area contributed by atoms with E-state index >= 15 is 0 Å². The molecule has 5 heteroatoms. The molecule has 0 amide bonds. The Balaban J connectivity index is 2.74. The van der Waals surface area contributed by atoms with Gasteiger partial charge in [0.15, 0.2) is 0 Å². The summed E-state index contributed by atoms with van der Waals surface area (Å²) < 4.78 is 5.30. The number of rotatable bonds is 6. The fraction of sp³-hybridized carbons (Fsp3) is 0.455. The molecule has 1 rings (SSSR count). The summed E-state index contributed by atoms with van der Waals surface area (Å²) in [5.41, 5.74) is 7.22. The number of pyridine rings is 1. The maximum Gasteiger partial charge on any atom is 0.124 e. The highest BCUT2D eigenvalue weighted by Crippen LogP contribution is 2.16. The highest BCUT2D eigenvalue weighted by atomic mass is 32.1. The highest BCUT2D eigenvalue weighted by molar-refractivity contribution is 7.80. The third kappa shape index (κ3) is 3.43. The Morgan fingerprint density at radius 2 is 2.38 bits per heavy atom. The molecule has 0 aliphatic heterocycles. The second kappa shape index (κ2) is 6.40. The topological polar surface area (TPSA) is 51.4 Å². The van der Waals surface area contributed by atoms with Crippen LogP contribution in [0.2, 0.25) is 0 Å². The lowest BCUT2D eigenvalue weighted by molar-refractivity contribution is 0.154. The number of nitrogens with zero attached hydrogens (tertiary/aromatic N) is 2. The van der Waals surface area contributed by atoms with Crippen molar-refractivity contribution in [1.82, 2.24) is 4.98 Å². The number of nitrogens with two attached hydrogens (primary N) is 1. The predicted molar refractivity (Wildman–Crippen MR) is 69.9 cm³/mol. The second-order valence-corrected chi connectivity index (χ2v) is 3.79. The first-order chi connectivity index (χ1) is 7.66. The van der Waals surface area contributed by atoms with E-state index < -0.39 is 0 Å². The molecule has 0 fully saturated rings. The minimum absolute atomic E-state index is 0.318. The van der Waals surface area contributed by atoms with Crippen molar-refractivity contribution in [2.45, 2.75) is 6.92 Å². The number of ether oxygens (including phenoxy) is 1. The fourth-order valence-corrected chi connectivity index (χ4v) is 1.52. The molecule has 0 unspecified atom stereocenters. The van der Waals surface area contributed by atoms with Gasteiger partial charge in [-0.2, -0.15) is 0 Å². The van der Waals surface area contributed by atoms with Crippen molar-refractivity contribution in [3.05, 3.63) is 24.0 Å². The monoisotopic (exact) mass is 239 g/mol. The van der Waals surface area contributed by atoms with Gasteiger partial charge in [-0.25, -0.2) is 0 Å². The minimum atomic E-state index is 0.318. The summed E-state index contributed by atoms with van der Waals surface area (Å²) >= 11 is 4.96. The van der Waals surface area contributed by atoms with Crippen LogP contribution < -0.4 is 10.6 Å². The minimum Gasteiger partial charge on any atom is -0.388 e. The molecule has 4 nitrogen and oxygen atoms in total. The Labute approximate surface area is 101 Å². The summed E-state index contributed by atoms with van der Waals surface area (Å²) in [4.78, 5) is 6.54. The summed E-state index contributed by atoms with van der Waals surface area (Å²) in [6.07, 6.45) is 1.69. The van der Waals surface area contributed by atoms with Crippen molar-refractivity contribution < 1.29 is 4.74 Å². The van der Waals surface area contributed by atoms with Crippen LogP contribution in [0.3, 0.4) is 0 Å². The summed E-state index contributed by atoms with van der Waals surface area (Å²) in [5.74, 6) is 0.